The number of nitrogens with zero attached hydrogens (tertiary/aromatic N) is 8. The van der Waals surface area contributed by atoms with Crippen molar-refractivity contribution in [2.45, 2.75) is 0 Å². The highest BCUT2D eigenvalue weighted by Gasteiger charge is 2.18. The van der Waals surface area contributed by atoms with E-state index in [-0.39, 0.29) is 0 Å². The third-order valence-electron chi connectivity index (χ3n) is 5.44. The van der Waals surface area contributed by atoms with Gasteiger partial charge in [0.1, 0.15) is 34.2 Å². The average molecular weight is 467 g/mol. The van der Waals surface area contributed by atoms with Crippen LogP contribution in [-0.4, -0.2) is 39.9 Å². The Morgan fingerprint density at radius 2 is 0.639 bits per heavy atom. The summed E-state index contributed by atoms with van der Waals surface area (Å²) in [4.78, 5) is 37.2. The lowest BCUT2D eigenvalue weighted by Gasteiger charge is -2.11. The summed E-state index contributed by atoms with van der Waals surface area (Å²) < 4.78 is 0. The zero-order valence-corrected chi connectivity index (χ0v) is 19.0. The Morgan fingerprint density at radius 1 is 0.306 bits per heavy atom. The normalized spacial score (nSPS) is 10.8. The van der Waals surface area contributed by atoms with Crippen molar-refractivity contribution in [1.29, 1.82) is 0 Å². The van der Waals surface area contributed by atoms with Gasteiger partial charge in [-0.15, -0.1) is 0 Å². The molecule has 0 bridgehead atoms. The molecule has 0 aromatic carbocycles. The van der Waals surface area contributed by atoms with Crippen molar-refractivity contribution in [2.75, 3.05) is 0 Å². The van der Waals surface area contributed by atoms with Crippen molar-refractivity contribution >= 4 is 0 Å². The maximum absolute atomic E-state index is 4.92. The molecule has 0 aliphatic rings. The summed E-state index contributed by atoms with van der Waals surface area (Å²) in [6.45, 7) is 0. The van der Waals surface area contributed by atoms with E-state index in [1.54, 1.807) is 37.2 Å². The van der Waals surface area contributed by atoms with Gasteiger partial charge in [-0.2, -0.15) is 0 Å². The van der Waals surface area contributed by atoms with Crippen LogP contribution in [-0.2, 0) is 0 Å². The van der Waals surface area contributed by atoms with E-state index in [1.165, 1.54) is 0 Å². The van der Waals surface area contributed by atoms with E-state index in [4.69, 9.17) is 19.9 Å². The van der Waals surface area contributed by atoms with Crippen LogP contribution in [0.5, 0.6) is 0 Å². The Balaban J connectivity index is 1.53. The summed E-state index contributed by atoms with van der Waals surface area (Å²) in [6, 6.07) is 22.7. The fourth-order valence-electron chi connectivity index (χ4n) is 3.77. The zero-order chi connectivity index (χ0) is 24.2. The molecule has 0 aliphatic heterocycles. The van der Waals surface area contributed by atoms with Crippen LogP contribution in [0.1, 0.15) is 0 Å². The second-order valence-corrected chi connectivity index (χ2v) is 7.76. The van der Waals surface area contributed by atoms with Crippen LogP contribution in [0.25, 0.3) is 56.9 Å². The highest BCUT2D eigenvalue weighted by molar-refractivity contribution is 5.78. The first-order valence-electron chi connectivity index (χ1n) is 11.3. The maximum Gasteiger partial charge on any atom is 0.117 e. The zero-order valence-electron chi connectivity index (χ0n) is 19.0. The Morgan fingerprint density at radius 3 is 0.944 bits per heavy atom. The molecule has 0 atom stereocenters. The minimum Gasteiger partial charge on any atom is -0.255 e. The molecule has 0 saturated heterocycles. The quantitative estimate of drug-likeness (QED) is 0.342. The summed E-state index contributed by atoms with van der Waals surface area (Å²) in [5.74, 6) is 0. The van der Waals surface area contributed by atoms with Crippen LogP contribution in [0, 0.1) is 0 Å². The van der Waals surface area contributed by atoms with Crippen LogP contribution in [0.15, 0.2) is 110 Å². The van der Waals surface area contributed by atoms with Crippen LogP contribution < -0.4 is 0 Å². The van der Waals surface area contributed by atoms with Crippen LogP contribution >= 0.6 is 0 Å². The van der Waals surface area contributed by atoms with Crippen molar-refractivity contribution in [1.82, 2.24) is 39.9 Å². The summed E-state index contributed by atoms with van der Waals surface area (Å²) >= 11 is 0. The molecule has 0 amide bonds. The van der Waals surface area contributed by atoms with Gasteiger partial charge in [-0.3, -0.25) is 19.9 Å². The second kappa shape index (κ2) is 9.55. The van der Waals surface area contributed by atoms with Crippen LogP contribution in [0.3, 0.4) is 0 Å². The third-order valence-corrected chi connectivity index (χ3v) is 5.44. The van der Waals surface area contributed by atoms with Gasteiger partial charge in [-0.1, -0.05) is 24.3 Å². The summed E-state index contributed by atoms with van der Waals surface area (Å²) in [7, 11) is 0. The smallest absolute Gasteiger partial charge is 0.117 e. The number of hydrogen-bond donors (Lipinski definition) is 0. The predicted molar refractivity (Wildman–Crippen MR) is 136 cm³/mol. The van der Waals surface area contributed by atoms with Gasteiger partial charge in [0, 0.05) is 24.8 Å². The molecule has 6 aromatic rings. The molecule has 0 N–H and O–H groups in total. The van der Waals surface area contributed by atoms with Crippen LogP contribution in [0.2, 0.25) is 0 Å². The van der Waals surface area contributed by atoms with E-state index in [0.29, 0.717) is 56.9 Å². The van der Waals surface area contributed by atoms with E-state index >= 15 is 0 Å². The van der Waals surface area contributed by atoms with Crippen LogP contribution in [0.4, 0.5) is 0 Å². The van der Waals surface area contributed by atoms with E-state index in [1.807, 2.05) is 72.8 Å². The lowest BCUT2D eigenvalue weighted by molar-refractivity contribution is 1.12. The average Bonchev–Trinajstić information content (AvgIpc) is 2.98. The van der Waals surface area contributed by atoms with Gasteiger partial charge >= 0.3 is 0 Å². The summed E-state index contributed by atoms with van der Waals surface area (Å²) in [5.41, 5.74) is 6.43. The summed E-state index contributed by atoms with van der Waals surface area (Å²) in [5, 5.41) is 0. The fraction of sp³-hybridized carbons (Fsp3) is 0. The van der Waals surface area contributed by atoms with Crippen molar-refractivity contribution in [3.8, 4) is 56.9 Å². The van der Waals surface area contributed by atoms with E-state index in [9.17, 15) is 0 Å². The summed E-state index contributed by atoms with van der Waals surface area (Å²) in [6.07, 6.45) is 10.3. The largest absolute Gasteiger partial charge is 0.255 e. The predicted octanol–water partition coefficient (Wildman–Crippen LogP) is 5.18. The van der Waals surface area contributed by atoms with Gasteiger partial charge in [-0.25, -0.2) is 19.9 Å². The Bertz CT molecular complexity index is 1490. The Kier molecular flexibility index (Phi) is 5.65. The molecule has 0 saturated carbocycles. The Hall–Kier alpha value is -5.24. The molecule has 6 aromatic heterocycles. The SMILES string of the molecule is c1ccc(-c2ncc(-c3cnc(-c4ccccn4)c(-c4ccccn4)n3)nc2-c2ccccn2)nc1. The lowest BCUT2D eigenvalue weighted by atomic mass is 10.1. The second-order valence-electron chi connectivity index (χ2n) is 7.76. The van der Waals surface area contributed by atoms with Gasteiger partial charge in [0.2, 0.25) is 0 Å². The number of hydrogen-bond acceptors (Lipinski definition) is 8. The van der Waals surface area contributed by atoms with Crippen molar-refractivity contribution in [3.63, 3.8) is 0 Å². The van der Waals surface area contributed by atoms with E-state index in [2.05, 4.69) is 19.9 Å². The van der Waals surface area contributed by atoms with Gasteiger partial charge in [0.15, 0.2) is 0 Å². The molecule has 0 spiro atoms. The highest BCUT2D eigenvalue weighted by Crippen LogP contribution is 2.31. The Labute approximate surface area is 206 Å². The molecule has 170 valence electrons. The molecular formula is C28H18N8. The fourth-order valence-corrected chi connectivity index (χ4v) is 3.77. The standard InChI is InChI=1S/C28H18N8/c1-5-13-29-19(9-1)25-27(21-11-3-7-15-31-21)35-23(17-33-25)24-18-34-26(20-10-2-6-14-30-20)28(36-24)22-12-4-8-16-32-22/h1-18H. The molecule has 36 heavy (non-hydrogen) atoms. The van der Waals surface area contributed by atoms with Crippen molar-refractivity contribution in [2.24, 2.45) is 0 Å². The molecule has 0 aliphatic carbocycles. The molecule has 0 fully saturated rings. The van der Waals surface area contributed by atoms with Gasteiger partial charge in [0.25, 0.3) is 0 Å². The number of aromatic nitrogens is 8. The monoisotopic (exact) mass is 466 g/mol. The minimum absolute atomic E-state index is 0.563. The van der Waals surface area contributed by atoms with E-state index < -0.39 is 0 Å². The molecule has 8 nitrogen and oxygen atoms in total. The number of pyridine rings is 4. The first-order chi connectivity index (χ1) is 17.9. The third kappa shape index (κ3) is 4.19. The van der Waals surface area contributed by atoms with Gasteiger partial charge in [-0.05, 0) is 48.5 Å². The molecule has 8 heteroatoms. The topological polar surface area (TPSA) is 103 Å². The molecule has 6 heterocycles. The minimum atomic E-state index is 0.563. The highest BCUT2D eigenvalue weighted by atomic mass is 14.9. The maximum atomic E-state index is 4.92. The molecule has 6 rings (SSSR count). The lowest BCUT2D eigenvalue weighted by Crippen LogP contribution is -2.02. The number of rotatable bonds is 5. The molecular weight excluding hydrogens is 448 g/mol. The van der Waals surface area contributed by atoms with Crippen molar-refractivity contribution < 1.29 is 0 Å². The van der Waals surface area contributed by atoms with Gasteiger partial charge in [0.05, 0.1) is 35.2 Å². The van der Waals surface area contributed by atoms with Crippen molar-refractivity contribution in [3.05, 3.63) is 110 Å². The first-order valence-corrected chi connectivity index (χ1v) is 11.3. The first kappa shape index (κ1) is 21.3. The van der Waals surface area contributed by atoms with E-state index in [0.717, 1.165) is 0 Å². The molecule has 0 unspecified atom stereocenters. The van der Waals surface area contributed by atoms with Gasteiger partial charge < -0.3 is 0 Å². The molecule has 0 radical (unpaired) electrons.